The minimum atomic E-state index is -0.685. The first-order chi connectivity index (χ1) is 15.1. The van der Waals surface area contributed by atoms with E-state index in [0.29, 0.717) is 5.69 Å². The first-order valence-electron chi connectivity index (χ1n) is 9.96. The van der Waals surface area contributed by atoms with Crippen LogP contribution >= 0.6 is 0 Å². The van der Waals surface area contributed by atoms with E-state index >= 15 is 0 Å². The minimum Gasteiger partial charge on any atom is -0.395 e. The van der Waals surface area contributed by atoms with Gasteiger partial charge < -0.3 is 14.6 Å². The summed E-state index contributed by atoms with van der Waals surface area (Å²) in [5.41, 5.74) is 4.53. The Kier molecular flexibility index (Phi) is 4.62. The predicted molar refractivity (Wildman–Crippen MR) is 115 cm³/mol. The standard InChI is InChI=1S/C22H19N5O4/c28-22(19-7-8-21(31-19)27(29)30)24-16-5-3-15(4-6-16)18-14-23-20-13-17(9-12-26(18)20)25-10-1-2-11-25/h3-9,12-14H,1-2,10-11H2,(H,24,28). The maximum atomic E-state index is 12.2. The molecule has 31 heavy (non-hydrogen) atoms. The van der Waals surface area contributed by atoms with Crippen LogP contribution in [0.3, 0.4) is 0 Å². The minimum absolute atomic E-state index is 0.119. The van der Waals surface area contributed by atoms with Gasteiger partial charge in [-0.3, -0.25) is 19.3 Å². The molecule has 1 aliphatic heterocycles. The fourth-order valence-electron chi connectivity index (χ4n) is 3.82. The summed E-state index contributed by atoms with van der Waals surface area (Å²) in [6, 6.07) is 13.9. The van der Waals surface area contributed by atoms with Gasteiger partial charge in [0, 0.05) is 42.3 Å². The number of carbonyl (C=O) groups is 1. The summed E-state index contributed by atoms with van der Waals surface area (Å²) in [7, 11) is 0. The molecule has 0 saturated carbocycles. The third kappa shape index (κ3) is 3.61. The maximum absolute atomic E-state index is 12.2. The van der Waals surface area contributed by atoms with Crippen molar-refractivity contribution in [3.05, 3.63) is 76.8 Å². The average molecular weight is 417 g/mol. The number of aromatic nitrogens is 2. The second-order valence-corrected chi connectivity index (χ2v) is 7.38. The van der Waals surface area contributed by atoms with E-state index in [0.717, 1.165) is 36.1 Å². The number of nitrogens with one attached hydrogen (secondary N) is 1. The zero-order chi connectivity index (χ0) is 21.4. The van der Waals surface area contributed by atoms with Gasteiger partial charge in [-0.2, -0.15) is 0 Å². The van der Waals surface area contributed by atoms with E-state index in [9.17, 15) is 14.9 Å². The number of furan rings is 1. The van der Waals surface area contributed by atoms with Gasteiger partial charge in [0.2, 0.25) is 0 Å². The summed E-state index contributed by atoms with van der Waals surface area (Å²) >= 11 is 0. The topological polar surface area (TPSA) is 106 Å². The van der Waals surface area contributed by atoms with Gasteiger partial charge >= 0.3 is 5.88 Å². The highest BCUT2D eigenvalue weighted by atomic mass is 16.6. The smallest absolute Gasteiger partial charge is 0.395 e. The highest BCUT2D eigenvalue weighted by Crippen LogP contribution is 2.27. The molecule has 0 aliphatic carbocycles. The van der Waals surface area contributed by atoms with E-state index in [-0.39, 0.29) is 5.76 Å². The van der Waals surface area contributed by atoms with Gasteiger partial charge in [-0.05, 0) is 37.1 Å². The zero-order valence-electron chi connectivity index (χ0n) is 16.5. The monoisotopic (exact) mass is 417 g/mol. The first kappa shape index (κ1) is 18.9. The Morgan fingerprint density at radius 1 is 1.10 bits per heavy atom. The number of anilines is 2. The second-order valence-electron chi connectivity index (χ2n) is 7.38. The molecule has 9 heteroatoms. The van der Waals surface area contributed by atoms with Crippen LogP contribution in [0.25, 0.3) is 16.9 Å². The van der Waals surface area contributed by atoms with Crippen molar-refractivity contribution in [3.8, 4) is 11.3 Å². The normalized spacial score (nSPS) is 13.6. The summed E-state index contributed by atoms with van der Waals surface area (Å²) in [6.07, 6.45) is 6.32. The van der Waals surface area contributed by atoms with Gasteiger partial charge in [0.05, 0.1) is 18.0 Å². The van der Waals surface area contributed by atoms with Crippen molar-refractivity contribution in [1.29, 1.82) is 0 Å². The Morgan fingerprint density at radius 3 is 2.58 bits per heavy atom. The lowest BCUT2D eigenvalue weighted by Gasteiger charge is -2.17. The molecule has 0 atom stereocenters. The van der Waals surface area contributed by atoms with Crippen molar-refractivity contribution in [2.45, 2.75) is 12.8 Å². The average Bonchev–Trinajstić information content (AvgIpc) is 3.54. The fraction of sp³-hybridized carbons (Fsp3) is 0.182. The van der Waals surface area contributed by atoms with Crippen molar-refractivity contribution in [2.75, 3.05) is 23.3 Å². The second kappa shape index (κ2) is 7.60. The maximum Gasteiger partial charge on any atom is 0.433 e. The number of benzene rings is 1. The van der Waals surface area contributed by atoms with E-state index in [1.807, 2.05) is 28.9 Å². The predicted octanol–water partition coefficient (Wildman–Crippen LogP) is 4.36. The first-order valence-corrected chi connectivity index (χ1v) is 9.96. The molecular formula is C22H19N5O4. The quantitative estimate of drug-likeness (QED) is 0.382. The number of imidazole rings is 1. The Hall–Kier alpha value is -4.14. The third-order valence-corrected chi connectivity index (χ3v) is 5.40. The van der Waals surface area contributed by atoms with Crippen LogP contribution in [0.1, 0.15) is 23.4 Å². The number of rotatable bonds is 5. The Balaban J connectivity index is 1.34. The molecule has 1 N–H and O–H groups in total. The van der Waals surface area contributed by atoms with Gasteiger partial charge in [-0.25, -0.2) is 4.98 Å². The molecule has 4 heterocycles. The molecule has 0 spiro atoms. The summed E-state index contributed by atoms with van der Waals surface area (Å²) in [4.78, 5) is 29.2. The summed E-state index contributed by atoms with van der Waals surface area (Å²) < 4.78 is 6.97. The van der Waals surface area contributed by atoms with E-state index in [2.05, 4.69) is 27.3 Å². The lowest BCUT2D eigenvalue weighted by Crippen LogP contribution is -2.17. The van der Waals surface area contributed by atoms with E-state index in [4.69, 9.17) is 4.42 Å². The van der Waals surface area contributed by atoms with E-state index < -0.39 is 16.7 Å². The number of nitro groups is 1. The van der Waals surface area contributed by atoms with Crippen molar-refractivity contribution in [1.82, 2.24) is 9.38 Å². The molecule has 1 aliphatic rings. The lowest BCUT2D eigenvalue weighted by atomic mass is 10.1. The molecule has 1 saturated heterocycles. The molecule has 4 aromatic rings. The number of fused-ring (bicyclic) bond motifs is 1. The van der Waals surface area contributed by atoms with Crippen LogP contribution in [0, 0.1) is 10.1 Å². The summed E-state index contributed by atoms with van der Waals surface area (Å²) in [6.45, 7) is 2.17. The Bertz CT molecular complexity index is 1270. The van der Waals surface area contributed by atoms with E-state index in [1.54, 1.807) is 12.1 Å². The molecule has 1 fully saturated rings. The van der Waals surface area contributed by atoms with Crippen molar-refractivity contribution >= 4 is 28.8 Å². The van der Waals surface area contributed by atoms with Gasteiger partial charge in [0.1, 0.15) is 10.6 Å². The molecule has 0 unspecified atom stereocenters. The number of hydrogen-bond donors (Lipinski definition) is 1. The summed E-state index contributed by atoms with van der Waals surface area (Å²) in [5, 5.41) is 13.4. The van der Waals surface area contributed by atoms with E-state index in [1.165, 1.54) is 24.6 Å². The SMILES string of the molecule is O=C(Nc1ccc(-c2cnc3cc(N4CCCC4)ccn23)cc1)c1ccc([N+](=O)[O-])o1. The largest absolute Gasteiger partial charge is 0.433 e. The van der Waals surface area contributed by atoms with Crippen LogP contribution in [0.4, 0.5) is 17.3 Å². The Morgan fingerprint density at radius 2 is 1.87 bits per heavy atom. The molecule has 0 bridgehead atoms. The third-order valence-electron chi connectivity index (χ3n) is 5.40. The molecule has 9 nitrogen and oxygen atoms in total. The van der Waals surface area contributed by atoms with Gasteiger partial charge in [-0.15, -0.1) is 0 Å². The van der Waals surface area contributed by atoms with Crippen LogP contribution in [-0.2, 0) is 0 Å². The molecule has 1 amide bonds. The number of hydrogen-bond acceptors (Lipinski definition) is 6. The van der Waals surface area contributed by atoms with Crippen LogP contribution in [0.2, 0.25) is 0 Å². The molecule has 156 valence electrons. The van der Waals surface area contributed by atoms with Crippen molar-refractivity contribution in [2.24, 2.45) is 0 Å². The highest BCUT2D eigenvalue weighted by molar-refractivity contribution is 6.02. The number of carbonyl (C=O) groups excluding carboxylic acids is 1. The van der Waals surface area contributed by atoms with Crippen LogP contribution in [-0.4, -0.2) is 33.3 Å². The van der Waals surface area contributed by atoms with Crippen molar-refractivity contribution < 1.29 is 14.1 Å². The van der Waals surface area contributed by atoms with Crippen molar-refractivity contribution in [3.63, 3.8) is 0 Å². The zero-order valence-corrected chi connectivity index (χ0v) is 16.5. The molecule has 1 aromatic carbocycles. The van der Waals surface area contributed by atoms with Gasteiger partial charge in [0.25, 0.3) is 5.91 Å². The Labute approximate surface area is 177 Å². The van der Waals surface area contributed by atoms with Gasteiger partial charge in [0.15, 0.2) is 5.76 Å². The molecule has 0 radical (unpaired) electrons. The molecule has 3 aromatic heterocycles. The van der Waals surface area contributed by atoms with Crippen LogP contribution in [0.15, 0.2) is 65.3 Å². The highest BCUT2D eigenvalue weighted by Gasteiger charge is 2.18. The molecule has 5 rings (SSSR count). The summed E-state index contributed by atoms with van der Waals surface area (Å²) in [5.74, 6) is -1.14. The van der Waals surface area contributed by atoms with Gasteiger partial charge in [-0.1, -0.05) is 12.1 Å². The van der Waals surface area contributed by atoms with Crippen LogP contribution in [0.5, 0.6) is 0 Å². The number of amides is 1. The number of nitrogens with zero attached hydrogens (tertiary/aromatic N) is 4. The fourth-order valence-corrected chi connectivity index (χ4v) is 3.82. The number of pyridine rings is 1. The van der Waals surface area contributed by atoms with Crippen LogP contribution < -0.4 is 10.2 Å². The lowest BCUT2D eigenvalue weighted by molar-refractivity contribution is -0.402. The molecular weight excluding hydrogens is 398 g/mol.